The van der Waals surface area contributed by atoms with Crippen LogP contribution in [0.3, 0.4) is 0 Å². The number of allylic oxidation sites excluding steroid dienone is 1. The third kappa shape index (κ3) is 5.48. The van der Waals surface area contributed by atoms with Crippen LogP contribution in [0.25, 0.3) is 17.5 Å². The minimum Gasteiger partial charge on any atom is -0.302 e. The summed E-state index contributed by atoms with van der Waals surface area (Å²) in [5.74, 6) is -0.102. The third-order valence-electron chi connectivity index (χ3n) is 5.45. The Morgan fingerprint density at radius 1 is 1.00 bits per heavy atom. The number of hydrogen-bond acceptors (Lipinski definition) is 9. The number of non-ortho nitro benzene ring substituents is 2. The first-order valence-electron chi connectivity index (χ1n) is 11.2. The van der Waals surface area contributed by atoms with Gasteiger partial charge in [0.15, 0.2) is 11.0 Å². The van der Waals surface area contributed by atoms with Crippen molar-refractivity contribution in [3.05, 3.63) is 110 Å². The molecule has 4 rings (SSSR count). The van der Waals surface area contributed by atoms with Crippen molar-refractivity contribution in [2.45, 2.75) is 23.5 Å². The lowest BCUT2D eigenvalue weighted by atomic mass is 10.0. The molecule has 0 amide bonds. The molecule has 0 aliphatic carbocycles. The van der Waals surface area contributed by atoms with Crippen LogP contribution in [0.4, 0.5) is 11.4 Å². The van der Waals surface area contributed by atoms with Gasteiger partial charge in [-0.15, -0.1) is 10.2 Å². The summed E-state index contributed by atoms with van der Waals surface area (Å²) in [6.07, 6.45) is 1.24. The molecule has 188 valence electrons. The minimum absolute atomic E-state index is 0.0511. The van der Waals surface area contributed by atoms with Crippen molar-refractivity contribution in [1.29, 1.82) is 5.26 Å². The van der Waals surface area contributed by atoms with Gasteiger partial charge in [-0.05, 0) is 36.4 Å². The minimum atomic E-state index is -0.748. The molecule has 0 aliphatic rings. The van der Waals surface area contributed by atoms with E-state index in [0.29, 0.717) is 22.4 Å². The fourth-order valence-electron chi connectivity index (χ4n) is 3.62. The second-order valence-corrected chi connectivity index (χ2v) is 8.81. The lowest BCUT2D eigenvalue weighted by molar-refractivity contribution is -0.385. The number of Topliss-reactive ketones (excluding diaryl/α,β-unsaturated/α-hetero) is 1. The van der Waals surface area contributed by atoms with E-state index in [1.54, 1.807) is 0 Å². The van der Waals surface area contributed by atoms with Gasteiger partial charge in [0, 0.05) is 46.8 Å². The van der Waals surface area contributed by atoms with Gasteiger partial charge in [-0.3, -0.25) is 25.0 Å². The van der Waals surface area contributed by atoms with Gasteiger partial charge >= 0.3 is 0 Å². The Bertz CT molecular complexity index is 1620. The maximum atomic E-state index is 13.0. The number of nitro benzene ring substituents is 2. The van der Waals surface area contributed by atoms with Crippen LogP contribution in [0, 0.1) is 31.6 Å². The molecule has 1 aromatic heterocycles. The highest BCUT2D eigenvalue weighted by Crippen LogP contribution is 2.35. The average molecular weight is 527 g/mol. The maximum absolute atomic E-state index is 13.0. The van der Waals surface area contributed by atoms with Gasteiger partial charge in [-0.2, -0.15) is 5.26 Å². The third-order valence-corrected chi connectivity index (χ3v) is 6.53. The molecule has 0 spiro atoms. The topological polar surface area (TPSA) is 158 Å². The quantitative estimate of drug-likeness (QED) is 0.0873. The van der Waals surface area contributed by atoms with Gasteiger partial charge in [0.1, 0.15) is 11.6 Å². The highest BCUT2D eigenvalue weighted by Gasteiger charge is 2.20. The van der Waals surface area contributed by atoms with E-state index >= 15 is 0 Å². The van der Waals surface area contributed by atoms with Gasteiger partial charge in [0.25, 0.3) is 11.4 Å². The molecule has 4 aromatic rings. The van der Waals surface area contributed by atoms with Crippen molar-refractivity contribution in [1.82, 2.24) is 14.8 Å². The largest absolute Gasteiger partial charge is 0.302 e. The zero-order valence-corrected chi connectivity index (χ0v) is 20.7. The van der Waals surface area contributed by atoms with E-state index in [0.717, 1.165) is 11.6 Å². The number of ketones is 1. The summed E-state index contributed by atoms with van der Waals surface area (Å²) in [7, 11) is 0. The molecule has 1 heterocycles. The van der Waals surface area contributed by atoms with E-state index in [2.05, 4.69) is 10.2 Å². The molecule has 0 bridgehead atoms. The Balaban J connectivity index is 1.77. The van der Waals surface area contributed by atoms with Gasteiger partial charge < -0.3 is 4.57 Å². The van der Waals surface area contributed by atoms with E-state index in [-0.39, 0.29) is 28.1 Å². The van der Waals surface area contributed by atoms with Crippen molar-refractivity contribution >= 4 is 35.0 Å². The number of nitriles is 1. The number of nitrogens with zero attached hydrogens (tertiary/aromatic N) is 6. The molecule has 0 N–H and O–H groups in total. The lowest BCUT2D eigenvalue weighted by Crippen LogP contribution is -2.03. The Morgan fingerprint density at radius 3 is 2.37 bits per heavy atom. The van der Waals surface area contributed by atoms with Crippen molar-refractivity contribution in [2.24, 2.45) is 0 Å². The number of rotatable bonds is 9. The molecular formula is C26H18N6O5S. The average Bonchev–Trinajstić information content (AvgIpc) is 3.34. The number of carbonyl (C=O) groups excluding carboxylic acids is 1. The Hall–Kier alpha value is -5.15. The molecule has 11 nitrogen and oxygen atoms in total. The summed E-state index contributed by atoms with van der Waals surface area (Å²) >= 11 is 1.18. The van der Waals surface area contributed by atoms with Crippen LogP contribution >= 0.6 is 11.8 Å². The standard InChI is InChI=1S/C26H18N6O5S/c1-2-30-25(17-7-4-3-5-8-17)28-29-26(30)38-23-12-11-22(32(36)37)15-19(23)13-20(16-27)24(33)18-9-6-10-21(14-18)31(34)35/h3-15H,2H2,1H3/b20-13-. The molecule has 12 heteroatoms. The Morgan fingerprint density at radius 2 is 1.71 bits per heavy atom. The monoisotopic (exact) mass is 526 g/mol. The van der Waals surface area contributed by atoms with Crippen LogP contribution in [0.15, 0.2) is 88.4 Å². The van der Waals surface area contributed by atoms with Crippen LogP contribution in [-0.2, 0) is 6.54 Å². The number of carbonyl (C=O) groups is 1. The van der Waals surface area contributed by atoms with Gasteiger partial charge in [0.2, 0.25) is 5.78 Å². The van der Waals surface area contributed by atoms with Crippen LogP contribution < -0.4 is 0 Å². The zero-order chi connectivity index (χ0) is 27.2. The summed E-state index contributed by atoms with van der Waals surface area (Å²) in [6.45, 7) is 2.48. The van der Waals surface area contributed by atoms with Crippen LogP contribution in [0.5, 0.6) is 0 Å². The van der Waals surface area contributed by atoms with Crippen molar-refractivity contribution in [3.63, 3.8) is 0 Å². The van der Waals surface area contributed by atoms with Gasteiger partial charge in [-0.25, -0.2) is 0 Å². The van der Waals surface area contributed by atoms with Gasteiger partial charge in [0.05, 0.1) is 9.85 Å². The Kier molecular flexibility index (Phi) is 7.69. The summed E-state index contributed by atoms with van der Waals surface area (Å²) in [4.78, 5) is 34.9. The van der Waals surface area contributed by atoms with Crippen molar-refractivity contribution in [3.8, 4) is 17.5 Å². The molecule has 0 saturated heterocycles. The first kappa shape index (κ1) is 25.9. The van der Waals surface area contributed by atoms with Crippen molar-refractivity contribution in [2.75, 3.05) is 0 Å². The fourth-order valence-corrected chi connectivity index (χ4v) is 4.60. The highest BCUT2D eigenvalue weighted by atomic mass is 32.2. The molecule has 0 radical (unpaired) electrons. The predicted molar refractivity (Wildman–Crippen MR) is 139 cm³/mol. The van der Waals surface area contributed by atoms with E-state index in [1.165, 1.54) is 54.2 Å². The van der Waals surface area contributed by atoms with Crippen LogP contribution in [0.1, 0.15) is 22.8 Å². The van der Waals surface area contributed by atoms with E-state index in [9.17, 15) is 30.3 Å². The molecule has 0 unspecified atom stereocenters. The van der Waals surface area contributed by atoms with E-state index in [1.807, 2.05) is 47.9 Å². The summed E-state index contributed by atoms with van der Waals surface area (Å²) in [6, 6.07) is 20.4. The molecule has 0 fully saturated rings. The molecule has 0 saturated carbocycles. The second kappa shape index (κ2) is 11.3. The normalized spacial score (nSPS) is 11.1. The molecule has 0 atom stereocenters. The number of nitro groups is 2. The molecular weight excluding hydrogens is 508 g/mol. The summed E-state index contributed by atoms with van der Waals surface area (Å²) in [5, 5.41) is 41.4. The van der Waals surface area contributed by atoms with Crippen molar-refractivity contribution < 1.29 is 14.6 Å². The number of hydrogen-bond donors (Lipinski definition) is 0. The second-order valence-electron chi connectivity index (χ2n) is 7.80. The summed E-state index contributed by atoms with van der Waals surface area (Å²) in [5.41, 5.74) is 0.188. The predicted octanol–water partition coefficient (Wildman–Crippen LogP) is 5.72. The first-order valence-corrected chi connectivity index (χ1v) is 12.0. The highest BCUT2D eigenvalue weighted by molar-refractivity contribution is 7.99. The summed E-state index contributed by atoms with van der Waals surface area (Å²) < 4.78 is 1.88. The van der Waals surface area contributed by atoms with E-state index < -0.39 is 15.6 Å². The van der Waals surface area contributed by atoms with Gasteiger partial charge in [-0.1, -0.05) is 42.5 Å². The maximum Gasteiger partial charge on any atom is 0.270 e. The van der Waals surface area contributed by atoms with Crippen LogP contribution in [-0.4, -0.2) is 30.4 Å². The fraction of sp³-hybridized carbons (Fsp3) is 0.0769. The number of benzene rings is 3. The molecule has 3 aromatic carbocycles. The molecule has 0 aliphatic heterocycles. The van der Waals surface area contributed by atoms with Crippen LogP contribution in [0.2, 0.25) is 0 Å². The zero-order valence-electron chi connectivity index (χ0n) is 19.8. The Labute approximate surface area is 220 Å². The molecule has 38 heavy (non-hydrogen) atoms. The lowest BCUT2D eigenvalue weighted by Gasteiger charge is -2.09. The van der Waals surface area contributed by atoms with E-state index in [4.69, 9.17) is 0 Å². The SMILES string of the molecule is CCn1c(Sc2ccc([N+](=O)[O-])cc2/C=C(/C#N)C(=O)c2cccc([N+](=O)[O-])c2)nnc1-c1ccccc1. The smallest absolute Gasteiger partial charge is 0.270 e. The number of aromatic nitrogens is 3. The first-order chi connectivity index (χ1) is 18.3.